The van der Waals surface area contributed by atoms with Crippen molar-refractivity contribution in [3.63, 3.8) is 0 Å². The molecule has 152 valence electrons. The molecule has 1 amide bonds. The molecule has 5 nitrogen and oxygen atoms in total. The molecule has 0 aliphatic heterocycles. The molecule has 0 radical (unpaired) electrons. The summed E-state index contributed by atoms with van der Waals surface area (Å²) >= 11 is 6.73. The molecule has 1 aromatic heterocycles. The zero-order valence-corrected chi connectivity index (χ0v) is 16.8. The quantitative estimate of drug-likeness (QED) is 0.533. The van der Waals surface area contributed by atoms with Gasteiger partial charge < -0.3 is 5.32 Å². The molecule has 3 aromatic rings. The van der Waals surface area contributed by atoms with Crippen molar-refractivity contribution in [3.8, 4) is 5.69 Å². The third-order valence-corrected chi connectivity index (χ3v) is 5.31. The number of anilines is 1. The molecule has 0 spiro atoms. The molecule has 10 heteroatoms. The molecule has 1 N–H and O–H groups in total. The maximum Gasteiger partial charge on any atom is 0.417 e. The molecular formula is C19H16ClF3N4OS. The summed E-state index contributed by atoms with van der Waals surface area (Å²) in [5.74, 6) is -0.513. The van der Waals surface area contributed by atoms with Crippen LogP contribution in [0.5, 0.6) is 0 Å². The number of aromatic nitrogens is 3. The van der Waals surface area contributed by atoms with Crippen LogP contribution in [-0.4, -0.2) is 26.4 Å². The Hall–Kier alpha value is -2.52. The Balaban J connectivity index is 1.69. The van der Waals surface area contributed by atoms with Gasteiger partial charge >= 0.3 is 6.18 Å². The van der Waals surface area contributed by atoms with Gasteiger partial charge in [0.15, 0.2) is 5.16 Å². The van der Waals surface area contributed by atoms with Gasteiger partial charge in [-0.1, -0.05) is 48.5 Å². The number of amides is 1. The van der Waals surface area contributed by atoms with Crippen LogP contribution in [0.3, 0.4) is 0 Å². The number of halogens is 4. The molecule has 0 aliphatic carbocycles. The van der Waals surface area contributed by atoms with Gasteiger partial charge in [-0.25, -0.2) is 0 Å². The monoisotopic (exact) mass is 440 g/mol. The molecule has 0 fully saturated rings. The van der Waals surface area contributed by atoms with Crippen molar-refractivity contribution in [2.45, 2.75) is 24.7 Å². The minimum absolute atomic E-state index is 0.0186. The summed E-state index contributed by atoms with van der Waals surface area (Å²) in [5, 5.41) is 10.5. The zero-order valence-electron chi connectivity index (χ0n) is 15.2. The summed E-state index contributed by atoms with van der Waals surface area (Å²) in [5.41, 5.74) is 1.03. The Bertz CT molecular complexity index is 1020. The Morgan fingerprint density at radius 3 is 2.72 bits per heavy atom. The maximum absolute atomic E-state index is 12.9. The average Bonchev–Trinajstić information content (AvgIpc) is 3.15. The molecule has 0 bridgehead atoms. The van der Waals surface area contributed by atoms with Gasteiger partial charge in [-0.15, -0.1) is 10.2 Å². The van der Waals surface area contributed by atoms with Crippen LogP contribution in [0.4, 0.5) is 18.9 Å². The van der Waals surface area contributed by atoms with E-state index in [1.54, 1.807) is 10.9 Å². The van der Waals surface area contributed by atoms with Crippen LogP contribution in [0.25, 0.3) is 5.69 Å². The van der Waals surface area contributed by atoms with Gasteiger partial charge in [-0.2, -0.15) is 13.2 Å². The van der Waals surface area contributed by atoms with E-state index in [4.69, 9.17) is 11.6 Å². The largest absolute Gasteiger partial charge is 0.417 e. The summed E-state index contributed by atoms with van der Waals surface area (Å²) in [6, 6.07) is 11.0. The second kappa shape index (κ2) is 8.87. The number of aryl methyl sites for hydroxylation is 1. The smallest absolute Gasteiger partial charge is 0.325 e. The highest BCUT2D eigenvalue weighted by atomic mass is 35.5. The first kappa shape index (κ1) is 21.2. The number of alkyl halides is 3. The van der Waals surface area contributed by atoms with E-state index >= 15 is 0 Å². The predicted molar refractivity (Wildman–Crippen MR) is 107 cm³/mol. The topological polar surface area (TPSA) is 59.8 Å². The Morgan fingerprint density at radius 2 is 2.00 bits per heavy atom. The fourth-order valence-electron chi connectivity index (χ4n) is 2.68. The van der Waals surface area contributed by atoms with Gasteiger partial charge in [0, 0.05) is 5.69 Å². The van der Waals surface area contributed by atoms with Crippen LogP contribution in [0.15, 0.2) is 53.9 Å². The van der Waals surface area contributed by atoms with E-state index in [9.17, 15) is 18.0 Å². The van der Waals surface area contributed by atoms with Crippen molar-refractivity contribution in [3.05, 3.63) is 64.9 Å². The molecule has 0 saturated heterocycles. The first-order valence-electron chi connectivity index (χ1n) is 8.57. The number of hydrogen-bond acceptors (Lipinski definition) is 4. The van der Waals surface area contributed by atoms with E-state index in [0.29, 0.717) is 5.16 Å². The zero-order chi connectivity index (χ0) is 21.0. The number of carbonyl (C=O) groups excluding carboxylic acids is 1. The van der Waals surface area contributed by atoms with Gasteiger partial charge in [-0.3, -0.25) is 9.36 Å². The van der Waals surface area contributed by atoms with Gasteiger partial charge in [0.05, 0.1) is 22.0 Å². The van der Waals surface area contributed by atoms with Crippen molar-refractivity contribution in [2.24, 2.45) is 0 Å². The highest BCUT2D eigenvalue weighted by Crippen LogP contribution is 2.36. The van der Waals surface area contributed by atoms with Gasteiger partial charge in [0.1, 0.15) is 6.33 Å². The number of nitrogens with zero attached hydrogens (tertiary/aromatic N) is 3. The molecule has 0 aliphatic rings. The Morgan fingerprint density at radius 1 is 1.24 bits per heavy atom. The van der Waals surface area contributed by atoms with E-state index in [0.717, 1.165) is 41.6 Å². The fourth-order valence-corrected chi connectivity index (χ4v) is 3.63. The number of para-hydroxylation sites is 1. The molecule has 0 unspecified atom stereocenters. The minimum Gasteiger partial charge on any atom is -0.325 e. The van der Waals surface area contributed by atoms with Crippen molar-refractivity contribution < 1.29 is 18.0 Å². The molecule has 3 rings (SSSR count). The lowest BCUT2D eigenvalue weighted by molar-refractivity contribution is -0.137. The van der Waals surface area contributed by atoms with Crippen LogP contribution >= 0.6 is 23.4 Å². The molecular weight excluding hydrogens is 425 g/mol. The molecule has 1 heterocycles. The second-order valence-electron chi connectivity index (χ2n) is 6.00. The number of rotatable bonds is 6. The van der Waals surface area contributed by atoms with Crippen molar-refractivity contribution in [1.29, 1.82) is 0 Å². The van der Waals surface area contributed by atoms with E-state index in [2.05, 4.69) is 15.5 Å². The van der Waals surface area contributed by atoms with Crippen LogP contribution in [0.1, 0.15) is 18.1 Å². The summed E-state index contributed by atoms with van der Waals surface area (Å²) < 4.78 is 40.6. The van der Waals surface area contributed by atoms with Gasteiger partial charge in [0.2, 0.25) is 5.91 Å². The first-order valence-corrected chi connectivity index (χ1v) is 9.93. The summed E-state index contributed by atoms with van der Waals surface area (Å²) in [4.78, 5) is 12.2. The van der Waals surface area contributed by atoms with E-state index < -0.39 is 22.7 Å². The lowest BCUT2D eigenvalue weighted by Gasteiger charge is -2.12. The minimum atomic E-state index is -4.60. The van der Waals surface area contributed by atoms with E-state index in [1.165, 1.54) is 6.07 Å². The maximum atomic E-state index is 12.9. The van der Waals surface area contributed by atoms with Crippen LogP contribution in [-0.2, 0) is 17.4 Å². The number of thioether (sulfide) groups is 1. The van der Waals surface area contributed by atoms with Gasteiger partial charge in [0.25, 0.3) is 0 Å². The molecule has 0 saturated carbocycles. The third kappa shape index (κ3) is 5.10. The van der Waals surface area contributed by atoms with Crippen molar-refractivity contribution in [1.82, 2.24) is 14.8 Å². The average molecular weight is 441 g/mol. The molecule has 2 aromatic carbocycles. The predicted octanol–water partition coefficient (Wildman–Crippen LogP) is 5.23. The van der Waals surface area contributed by atoms with Crippen molar-refractivity contribution >= 4 is 35.0 Å². The summed E-state index contributed by atoms with van der Waals surface area (Å²) in [6.45, 7) is 2.03. The molecule has 0 atom stereocenters. The standard InChI is InChI=1S/C19H16ClF3N4OS/c1-2-12-5-3-4-6-16(12)27-11-24-26-18(27)29-10-17(28)25-13-7-8-15(20)14(9-13)19(21,22)23/h3-9,11H,2,10H2,1H3,(H,25,28). The third-order valence-electron chi connectivity index (χ3n) is 4.04. The van der Waals surface area contributed by atoms with E-state index in [1.807, 2.05) is 31.2 Å². The number of hydrogen-bond donors (Lipinski definition) is 1. The van der Waals surface area contributed by atoms with Crippen molar-refractivity contribution in [2.75, 3.05) is 11.1 Å². The SMILES string of the molecule is CCc1ccccc1-n1cnnc1SCC(=O)Nc1ccc(Cl)c(C(F)(F)F)c1. The fraction of sp³-hybridized carbons (Fsp3) is 0.211. The lowest BCUT2D eigenvalue weighted by atomic mass is 10.1. The second-order valence-corrected chi connectivity index (χ2v) is 7.34. The highest BCUT2D eigenvalue weighted by molar-refractivity contribution is 7.99. The summed E-state index contributed by atoms with van der Waals surface area (Å²) in [7, 11) is 0. The Labute approximate surface area is 174 Å². The van der Waals surface area contributed by atoms with Gasteiger partial charge in [-0.05, 0) is 36.2 Å². The normalized spacial score (nSPS) is 11.5. The van der Waals surface area contributed by atoms with Crippen LogP contribution in [0.2, 0.25) is 5.02 Å². The number of nitrogens with one attached hydrogen (secondary N) is 1. The van der Waals surface area contributed by atoms with Crippen LogP contribution in [0, 0.1) is 0 Å². The molecule has 29 heavy (non-hydrogen) atoms. The highest BCUT2D eigenvalue weighted by Gasteiger charge is 2.33. The number of carbonyl (C=O) groups is 1. The Kier molecular flexibility index (Phi) is 6.49. The lowest BCUT2D eigenvalue weighted by Crippen LogP contribution is -2.15. The van der Waals surface area contributed by atoms with Crippen LogP contribution < -0.4 is 5.32 Å². The first-order chi connectivity index (χ1) is 13.8. The van der Waals surface area contributed by atoms with E-state index in [-0.39, 0.29) is 11.4 Å². The summed E-state index contributed by atoms with van der Waals surface area (Å²) in [6.07, 6.45) is -2.23. The number of benzene rings is 2.